The third kappa shape index (κ3) is 4.57. The quantitative estimate of drug-likeness (QED) is 0.721. The van der Waals surface area contributed by atoms with Crippen LogP contribution in [0.4, 0.5) is 0 Å². The van der Waals surface area contributed by atoms with Crippen molar-refractivity contribution in [1.29, 1.82) is 0 Å². The average molecular weight is 260 g/mol. The third-order valence-electron chi connectivity index (χ3n) is 2.60. The van der Waals surface area contributed by atoms with Gasteiger partial charge in [0, 0.05) is 19.0 Å². The maximum atomic E-state index is 12.2. The minimum absolute atomic E-state index is 0.0454. The monoisotopic (exact) mass is 260 g/mol. The molecule has 1 aliphatic rings. The van der Waals surface area contributed by atoms with E-state index in [0.717, 1.165) is 0 Å². The van der Waals surface area contributed by atoms with Gasteiger partial charge >= 0.3 is 0 Å². The summed E-state index contributed by atoms with van der Waals surface area (Å²) in [7, 11) is 0. The standard InChI is InChI=1S/C11H20N2O3S/c1-8(2)13(4-3-10(12)17)11(14)9-7-15-5-6-16-9/h8-9H,3-7H2,1-2H3,(H2,12,17). The van der Waals surface area contributed by atoms with Crippen molar-refractivity contribution in [1.82, 2.24) is 4.90 Å². The van der Waals surface area contributed by atoms with Gasteiger partial charge in [-0.2, -0.15) is 0 Å². The number of nitrogens with zero attached hydrogens (tertiary/aromatic N) is 1. The lowest BCUT2D eigenvalue weighted by atomic mass is 10.2. The molecule has 1 rings (SSSR count). The van der Waals surface area contributed by atoms with E-state index < -0.39 is 6.10 Å². The highest BCUT2D eigenvalue weighted by Gasteiger charge is 2.28. The van der Waals surface area contributed by atoms with E-state index in [0.29, 0.717) is 37.8 Å². The van der Waals surface area contributed by atoms with Crippen molar-refractivity contribution in [3.63, 3.8) is 0 Å². The van der Waals surface area contributed by atoms with E-state index in [4.69, 9.17) is 27.4 Å². The molecule has 17 heavy (non-hydrogen) atoms. The van der Waals surface area contributed by atoms with Gasteiger partial charge in [-0.3, -0.25) is 4.79 Å². The molecule has 0 radical (unpaired) electrons. The van der Waals surface area contributed by atoms with Crippen LogP contribution >= 0.6 is 12.2 Å². The first-order valence-electron chi connectivity index (χ1n) is 5.80. The molecule has 1 aliphatic heterocycles. The fourth-order valence-electron chi connectivity index (χ4n) is 1.67. The smallest absolute Gasteiger partial charge is 0.254 e. The average Bonchev–Trinajstić information content (AvgIpc) is 2.29. The molecule has 0 aromatic rings. The van der Waals surface area contributed by atoms with E-state index in [1.165, 1.54) is 0 Å². The Labute approximate surface area is 107 Å². The SMILES string of the molecule is CC(C)N(CCC(N)=S)C(=O)C1COCCO1. The van der Waals surface area contributed by atoms with Crippen molar-refractivity contribution in [2.24, 2.45) is 5.73 Å². The van der Waals surface area contributed by atoms with E-state index in [9.17, 15) is 4.79 Å². The van der Waals surface area contributed by atoms with Crippen LogP contribution in [0.1, 0.15) is 20.3 Å². The highest BCUT2D eigenvalue weighted by Crippen LogP contribution is 2.09. The van der Waals surface area contributed by atoms with Gasteiger partial charge in [-0.05, 0) is 13.8 Å². The summed E-state index contributed by atoms with van der Waals surface area (Å²) >= 11 is 4.83. The van der Waals surface area contributed by atoms with Gasteiger partial charge in [-0.25, -0.2) is 0 Å². The fourth-order valence-corrected chi connectivity index (χ4v) is 1.76. The molecule has 0 aliphatic carbocycles. The molecule has 6 heteroatoms. The third-order valence-corrected chi connectivity index (χ3v) is 2.80. The van der Waals surface area contributed by atoms with Crippen molar-refractivity contribution in [3.05, 3.63) is 0 Å². The number of nitrogens with two attached hydrogens (primary N) is 1. The molecule has 0 aromatic heterocycles. The minimum atomic E-state index is -0.488. The summed E-state index contributed by atoms with van der Waals surface area (Å²) in [5.74, 6) is -0.0454. The predicted octanol–water partition coefficient (Wildman–Crippen LogP) is 0.315. The van der Waals surface area contributed by atoms with E-state index in [-0.39, 0.29) is 11.9 Å². The van der Waals surface area contributed by atoms with E-state index in [1.54, 1.807) is 4.90 Å². The van der Waals surface area contributed by atoms with Crippen LogP contribution in [0.3, 0.4) is 0 Å². The first kappa shape index (κ1) is 14.3. The molecule has 0 bridgehead atoms. The number of rotatable bonds is 5. The predicted molar refractivity (Wildman–Crippen MR) is 68.8 cm³/mol. The number of hydrogen-bond donors (Lipinski definition) is 1. The molecule has 5 nitrogen and oxygen atoms in total. The second-order valence-corrected chi connectivity index (χ2v) is 4.80. The molecule has 1 saturated heterocycles. The summed E-state index contributed by atoms with van der Waals surface area (Å²) in [4.78, 5) is 14.3. The maximum absolute atomic E-state index is 12.2. The van der Waals surface area contributed by atoms with Crippen LogP contribution in [0.25, 0.3) is 0 Å². The van der Waals surface area contributed by atoms with Crippen LogP contribution in [0.2, 0.25) is 0 Å². The second-order valence-electron chi connectivity index (χ2n) is 4.28. The molecule has 1 amide bonds. The topological polar surface area (TPSA) is 64.8 Å². The maximum Gasteiger partial charge on any atom is 0.254 e. The normalized spacial score (nSPS) is 20.3. The van der Waals surface area contributed by atoms with E-state index in [1.807, 2.05) is 13.8 Å². The van der Waals surface area contributed by atoms with Crippen molar-refractivity contribution >= 4 is 23.1 Å². The Bertz CT molecular complexity index is 278. The Morgan fingerprint density at radius 2 is 2.24 bits per heavy atom. The Morgan fingerprint density at radius 1 is 1.53 bits per heavy atom. The second kappa shape index (κ2) is 6.88. The number of carbonyl (C=O) groups is 1. The highest BCUT2D eigenvalue weighted by molar-refractivity contribution is 7.80. The van der Waals surface area contributed by atoms with E-state index >= 15 is 0 Å². The summed E-state index contributed by atoms with van der Waals surface area (Å²) in [6, 6.07) is 0.0994. The minimum Gasteiger partial charge on any atom is -0.393 e. The first-order valence-corrected chi connectivity index (χ1v) is 6.21. The summed E-state index contributed by atoms with van der Waals surface area (Å²) in [6.45, 7) is 5.80. The van der Waals surface area contributed by atoms with Gasteiger partial charge in [0.15, 0.2) is 6.10 Å². The van der Waals surface area contributed by atoms with Crippen LogP contribution in [-0.2, 0) is 14.3 Å². The molecule has 1 fully saturated rings. The Kier molecular flexibility index (Phi) is 5.80. The number of thiocarbonyl (C=S) groups is 1. The first-order chi connectivity index (χ1) is 8.02. The van der Waals surface area contributed by atoms with Crippen LogP contribution < -0.4 is 5.73 Å². The zero-order chi connectivity index (χ0) is 12.8. The summed E-state index contributed by atoms with van der Waals surface area (Å²) < 4.78 is 10.6. The zero-order valence-corrected chi connectivity index (χ0v) is 11.2. The van der Waals surface area contributed by atoms with Gasteiger partial charge in [-0.1, -0.05) is 12.2 Å². The van der Waals surface area contributed by atoms with Crippen LogP contribution in [0.5, 0.6) is 0 Å². The van der Waals surface area contributed by atoms with Crippen molar-refractivity contribution in [3.8, 4) is 0 Å². The Balaban J connectivity index is 2.55. The van der Waals surface area contributed by atoms with Gasteiger partial charge in [0.05, 0.1) is 24.8 Å². The Morgan fingerprint density at radius 3 is 2.71 bits per heavy atom. The molecular weight excluding hydrogens is 240 g/mol. The van der Waals surface area contributed by atoms with Crippen LogP contribution in [0, 0.1) is 0 Å². The van der Waals surface area contributed by atoms with Crippen LogP contribution in [0.15, 0.2) is 0 Å². The lowest BCUT2D eigenvalue weighted by molar-refractivity contribution is -0.159. The molecular formula is C11H20N2O3S. The van der Waals surface area contributed by atoms with Gasteiger partial charge in [0.2, 0.25) is 0 Å². The molecule has 98 valence electrons. The number of ether oxygens (including phenoxy) is 2. The molecule has 2 N–H and O–H groups in total. The van der Waals surface area contributed by atoms with Gasteiger partial charge in [0.1, 0.15) is 0 Å². The molecule has 1 heterocycles. The van der Waals surface area contributed by atoms with Gasteiger partial charge in [0.25, 0.3) is 5.91 Å². The van der Waals surface area contributed by atoms with Gasteiger partial charge in [-0.15, -0.1) is 0 Å². The lowest BCUT2D eigenvalue weighted by Gasteiger charge is -2.32. The van der Waals surface area contributed by atoms with Crippen LogP contribution in [-0.4, -0.2) is 54.3 Å². The number of hydrogen-bond acceptors (Lipinski definition) is 4. The van der Waals surface area contributed by atoms with Crippen molar-refractivity contribution in [2.45, 2.75) is 32.4 Å². The molecule has 0 spiro atoms. The lowest BCUT2D eigenvalue weighted by Crippen LogP contribution is -2.48. The van der Waals surface area contributed by atoms with Crippen molar-refractivity contribution < 1.29 is 14.3 Å². The van der Waals surface area contributed by atoms with E-state index in [2.05, 4.69) is 0 Å². The Hall–Kier alpha value is -0.720. The largest absolute Gasteiger partial charge is 0.393 e. The fraction of sp³-hybridized carbons (Fsp3) is 0.818. The number of carbonyl (C=O) groups excluding carboxylic acids is 1. The molecule has 1 unspecified atom stereocenters. The summed E-state index contributed by atoms with van der Waals surface area (Å²) in [5.41, 5.74) is 5.46. The summed E-state index contributed by atoms with van der Waals surface area (Å²) in [6.07, 6.45) is 0.0461. The molecule has 0 aromatic carbocycles. The summed E-state index contributed by atoms with van der Waals surface area (Å²) in [5, 5.41) is 0. The highest BCUT2D eigenvalue weighted by atomic mass is 32.1. The molecule has 0 saturated carbocycles. The molecule has 1 atom stereocenters. The number of amides is 1. The van der Waals surface area contributed by atoms with Gasteiger partial charge < -0.3 is 20.1 Å². The van der Waals surface area contributed by atoms with Crippen molar-refractivity contribution in [2.75, 3.05) is 26.4 Å². The zero-order valence-electron chi connectivity index (χ0n) is 10.3.